The molecule has 0 bridgehead atoms. The first-order valence-electron chi connectivity index (χ1n) is 5.78. The van der Waals surface area contributed by atoms with Gasteiger partial charge in [-0.15, -0.1) is 0 Å². The first kappa shape index (κ1) is 11.5. The summed E-state index contributed by atoms with van der Waals surface area (Å²) in [7, 11) is 0. The summed E-state index contributed by atoms with van der Waals surface area (Å²) < 4.78 is 13.9. The minimum Gasteiger partial charge on any atom is -0.384 e. The van der Waals surface area contributed by atoms with Crippen LogP contribution in [0.25, 0.3) is 11.0 Å². The molecule has 4 N–H and O–H groups in total. The highest BCUT2D eigenvalue weighted by Gasteiger charge is 2.08. The number of nitrogens with zero attached hydrogens (tertiary/aromatic N) is 2. The maximum absolute atomic E-state index is 13.9. The number of aromatic amines is 1. The van der Waals surface area contributed by atoms with Gasteiger partial charge in [0.1, 0.15) is 17.5 Å². The molecule has 0 aliphatic heterocycles. The van der Waals surface area contributed by atoms with Crippen molar-refractivity contribution < 1.29 is 4.39 Å². The largest absolute Gasteiger partial charge is 0.384 e. The number of nitrogens with one attached hydrogen (secondary N) is 2. The molecular formula is C13H12FN5. The number of fused-ring (bicyclic) bond motifs is 1. The van der Waals surface area contributed by atoms with Crippen molar-refractivity contribution in [3.63, 3.8) is 0 Å². The zero-order valence-electron chi connectivity index (χ0n) is 10.2. The number of aryl methyl sites for hydroxylation is 1. The molecule has 6 heteroatoms. The molecule has 0 atom stereocenters. The molecular weight excluding hydrogens is 245 g/mol. The SMILES string of the molecule is Cc1cccc(Nc2ccc3c(N)[nH]nc3n2)c1F. The first-order valence-corrected chi connectivity index (χ1v) is 5.78. The van der Waals surface area contributed by atoms with Crippen molar-refractivity contribution in [2.24, 2.45) is 0 Å². The van der Waals surface area contributed by atoms with Gasteiger partial charge in [0.2, 0.25) is 0 Å². The van der Waals surface area contributed by atoms with Crippen molar-refractivity contribution in [2.45, 2.75) is 6.92 Å². The number of nitrogen functional groups attached to an aromatic ring is 1. The van der Waals surface area contributed by atoms with Crippen molar-refractivity contribution in [1.29, 1.82) is 0 Å². The van der Waals surface area contributed by atoms with E-state index in [0.717, 1.165) is 5.39 Å². The Kier molecular flexibility index (Phi) is 2.56. The number of H-pyrrole nitrogens is 1. The molecule has 0 spiro atoms. The Balaban J connectivity index is 1.99. The van der Waals surface area contributed by atoms with Gasteiger partial charge in [-0.2, -0.15) is 5.10 Å². The summed E-state index contributed by atoms with van der Waals surface area (Å²) >= 11 is 0. The first-order chi connectivity index (χ1) is 9.15. The number of halogens is 1. The van der Waals surface area contributed by atoms with Crippen molar-refractivity contribution >= 4 is 28.4 Å². The molecule has 3 aromatic rings. The fourth-order valence-corrected chi connectivity index (χ4v) is 1.87. The number of aromatic nitrogens is 3. The molecule has 0 aliphatic rings. The van der Waals surface area contributed by atoms with Gasteiger partial charge in [-0.1, -0.05) is 12.1 Å². The molecule has 0 radical (unpaired) electrons. The van der Waals surface area contributed by atoms with Crippen molar-refractivity contribution in [3.05, 3.63) is 41.7 Å². The zero-order chi connectivity index (χ0) is 13.4. The van der Waals surface area contributed by atoms with E-state index < -0.39 is 0 Å². The van der Waals surface area contributed by atoms with Gasteiger partial charge in [-0.25, -0.2) is 9.37 Å². The minimum atomic E-state index is -0.286. The van der Waals surface area contributed by atoms with Crippen LogP contribution in [0.3, 0.4) is 0 Å². The summed E-state index contributed by atoms with van der Waals surface area (Å²) in [4.78, 5) is 4.26. The lowest BCUT2D eigenvalue weighted by Crippen LogP contribution is -1.97. The lowest BCUT2D eigenvalue weighted by molar-refractivity contribution is 0.622. The average molecular weight is 257 g/mol. The van der Waals surface area contributed by atoms with Crippen LogP contribution in [0, 0.1) is 12.7 Å². The Hall–Kier alpha value is -2.63. The third-order valence-electron chi connectivity index (χ3n) is 2.90. The number of hydrogen-bond donors (Lipinski definition) is 3. The van der Waals surface area contributed by atoms with Crippen LogP contribution in [0.2, 0.25) is 0 Å². The third kappa shape index (κ3) is 1.97. The van der Waals surface area contributed by atoms with Crippen LogP contribution < -0.4 is 11.1 Å². The standard InChI is InChI=1S/C13H12FN5/c1-7-3-2-4-9(11(7)14)16-10-6-5-8-12(15)18-19-13(8)17-10/h2-6H,1H3,(H4,15,16,17,18,19). The maximum atomic E-state index is 13.9. The van der Waals surface area contributed by atoms with Crippen LogP contribution in [-0.2, 0) is 0 Å². The molecule has 3 rings (SSSR count). The van der Waals surface area contributed by atoms with Crippen LogP contribution in [0.15, 0.2) is 30.3 Å². The van der Waals surface area contributed by atoms with Crippen LogP contribution in [0.4, 0.5) is 21.7 Å². The second-order valence-electron chi connectivity index (χ2n) is 4.27. The van der Waals surface area contributed by atoms with E-state index in [9.17, 15) is 4.39 Å². The maximum Gasteiger partial charge on any atom is 0.185 e. The molecule has 19 heavy (non-hydrogen) atoms. The number of rotatable bonds is 2. The summed E-state index contributed by atoms with van der Waals surface area (Å²) in [5.74, 6) is 0.699. The average Bonchev–Trinajstić information content (AvgIpc) is 2.76. The summed E-state index contributed by atoms with van der Waals surface area (Å²) in [6, 6.07) is 8.68. The molecule has 5 nitrogen and oxygen atoms in total. The van der Waals surface area contributed by atoms with Crippen molar-refractivity contribution in [1.82, 2.24) is 15.2 Å². The Bertz CT molecular complexity index is 750. The molecule has 0 fully saturated rings. The second kappa shape index (κ2) is 4.24. The molecule has 0 saturated carbocycles. The fraction of sp³-hybridized carbons (Fsp3) is 0.0769. The van der Waals surface area contributed by atoms with E-state index in [1.807, 2.05) is 0 Å². The van der Waals surface area contributed by atoms with Crippen LogP contribution in [0.5, 0.6) is 0 Å². The predicted octanol–water partition coefficient (Wildman–Crippen LogP) is 2.73. The highest BCUT2D eigenvalue weighted by Crippen LogP contribution is 2.23. The van der Waals surface area contributed by atoms with Gasteiger partial charge >= 0.3 is 0 Å². The molecule has 2 aromatic heterocycles. The summed E-state index contributed by atoms with van der Waals surface area (Å²) in [6.45, 7) is 1.71. The van der Waals surface area contributed by atoms with Gasteiger partial charge in [0, 0.05) is 0 Å². The van der Waals surface area contributed by atoms with E-state index in [1.165, 1.54) is 0 Å². The third-order valence-corrected chi connectivity index (χ3v) is 2.90. The number of hydrogen-bond acceptors (Lipinski definition) is 4. The summed E-state index contributed by atoms with van der Waals surface area (Å²) in [6.07, 6.45) is 0. The molecule has 2 heterocycles. The molecule has 0 amide bonds. The van der Waals surface area contributed by atoms with Crippen LogP contribution >= 0.6 is 0 Å². The summed E-state index contributed by atoms with van der Waals surface area (Å²) in [5.41, 5.74) is 7.14. The van der Waals surface area contributed by atoms with Gasteiger partial charge in [0.15, 0.2) is 5.65 Å². The van der Waals surface area contributed by atoms with E-state index in [4.69, 9.17) is 5.73 Å². The topological polar surface area (TPSA) is 79.6 Å². The minimum absolute atomic E-state index is 0.286. The van der Waals surface area contributed by atoms with E-state index in [-0.39, 0.29) is 5.82 Å². The number of nitrogens with two attached hydrogens (primary N) is 1. The predicted molar refractivity (Wildman–Crippen MR) is 72.7 cm³/mol. The number of pyridine rings is 1. The van der Waals surface area contributed by atoms with Crippen molar-refractivity contribution in [2.75, 3.05) is 11.1 Å². The second-order valence-corrected chi connectivity index (χ2v) is 4.27. The lowest BCUT2D eigenvalue weighted by atomic mass is 10.2. The monoisotopic (exact) mass is 257 g/mol. The van der Waals surface area contributed by atoms with E-state index in [0.29, 0.717) is 28.5 Å². The van der Waals surface area contributed by atoms with Gasteiger partial charge in [0.25, 0.3) is 0 Å². The van der Waals surface area contributed by atoms with E-state index >= 15 is 0 Å². The Morgan fingerprint density at radius 3 is 2.95 bits per heavy atom. The molecule has 0 saturated heterocycles. The lowest BCUT2D eigenvalue weighted by Gasteiger charge is -2.07. The quantitative estimate of drug-likeness (QED) is 0.659. The summed E-state index contributed by atoms with van der Waals surface area (Å²) in [5, 5.41) is 10.3. The van der Waals surface area contributed by atoms with Crippen molar-refractivity contribution in [3.8, 4) is 0 Å². The van der Waals surface area contributed by atoms with Gasteiger partial charge < -0.3 is 11.1 Å². The molecule has 0 aliphatic carbocycles. The van der Waals surface area contributed by atoms with E-state index in [1.54, 1.807) is 37.3 Å². The van der Waals surface area contributed by atoms with Crippen LogP contribution in [0.1, 0.15) is 5.56 Å². The van der Waals surface area contributed by atoms with Gasteiger partial charge in [-0.3, -0.25) is 5.10 Å². The smallest absolute Gasteiger partial charge is 0.185 e. The highest BCUT2D eigenvalue weighted by atomic mass is 19.1. The number of anilines is 3. The Morgan fingerprint density at radius 1 is 1.26 bits per heavy atom. The fourth-order valence-electron chi connectivity index (χ4n) is 1.87. The van der Waals surface area contributed by atoms with Gasteiger partial charge in [0.05, 0.1) is 11.1 Å². The number of benzene rings is 1. The molecule has 96 valence electrons. The van der Waals surface area contributed by atoms with E-state index in [2.05, 4.69) is 20.5 Å². The molecule has 1 aromatic carbocycles. The highest BCUT2D eigenvalue weighted by molar-refractivity contribution is 5.87. The normalized spacial score (nSPS) is 10.8. The Morgan fingerprint density at radius 2 is 2.11 bits per heavy atom. The molecule has 0 unspecified atom stereocenters. The van der Waals surface area contributed by atoms with Crippen LogP contribution in [-0.4, -0.2) is 15.2 Å². The zero-order valence-corrected chi connectivity index (χ0v) is 10.2. The van der Waals surface area contributed by atoms with Gasteiger partial charge in [-0.05, 0) is 30.7 Å². The Labute approximate surface area is 108 Å².